The largest absolute Gasteiger partial charge is 0.461 e. The van der Waals surface area contributed by atoms with Crippen molar-refractivity contribution in [1.29, 1.82) is 0 Å². The van der Waals surface area contributed by atoms with Gasteiger partial charge in [-0.1, -0.05) is 12.1 Å². The Balaban J connectivity index is 3.38. The van der Waals surface area contributed by atoms with Gasteiger partial charge in [0.05, 0.1) is 11.5 Å². The first-order valence-electron chi connectivity index (χ1n) is 6.49. The van der Waals surface area contributed by atoms with Crippen LogP contribution in [0.1, 0.15) is 31.7 Å². The molecule has 0 fully saturated rings. The molecule has 8 heteroatoms. The predicted octanol–water partition coefficient (Wildman–Crippen LogP) is 2.39. The van der Waals surface area contributed by atoms with Gasteiger partial charge in [0.2, 0.25) is 0 Å². The van der Waals surface area contributed by atoms with Crippen molar-refractivity contribution in [3.63, 3.8) is 0 Å². The molecule has 2 atom stereocenters. The predicted molar refractivity (Wildman–Crippen MR) is 71.9 cm³/mol. The molecule has 0 saturated carbocycles. The van der Waals surface area contributed by atoms with Crippen LogP contribution in [0.3, 0.4) is 0 Å². The molecule has 0 spiro atoms. The molecule has 0 heterocycles. The van der Waals surface area contributed by atoms with Gasteiger partial charge >= 0.3 is 11.8 Å². The summed E-state index contributed by atoms with van der Waals surface area (Å²) in [5, 5.41) is 11.1. The van der Waals surface area contributed by atoms with E-state index >= 15 is 0 Å². The fourth-order valence-electron chi connectivity index (χ4n) is 2.03. The number of hydrogen-bond acceptors (Lipinski definition) is 5. The van der Waals surface area contributed by atoms with E-state index < -0.39 is 40.6 Å². The number of nitrogens with zero attached hydrogens (tertiary/aromatic N) is 1. The summed E-state index contributed by atoms with van der Waals surface area (Å²) in [6.45, 7) is 2.23. The van der Waals surface area contributed by atoms with E-state index in [0.717, 1.165) is 31.2 Å². The number of rotatable bonds is 7. The van der Waals surface area contributed by atoms with Crippen molar-refractivity contribution in [2.75, 3.05) is 6.61 Å². The van der Waals surface area contributed by atoms with Crippen LogP contribution in [0.5, 0.6) is 0 Å². The van der Waals surface area contributed by atoms with Gasteiger partial charge < -0.3 is 4.74 Å². The number of benzene rings is 1. The van der Waals surface area contributed by atoms with Crippen molar-refractivity contribution in [3.8, 4) is 0 Å². The van der Waals surface area contributed by atoms with E-state index in [4.69, 9.17) is 0 Å². The third-order valence-corrected chi connectivity index (χ3v) is 3.05. The molecule has 0 N–H and O–H groups in total. The molecule has 22 heavy (non-hydrogen) atoms. The monoisotopic (exact) mass is 315 g/mol. The molecule has 0 unspecified atom stereocenters. The molecule has 1 aromatic rings. The van der Waals surface area contributed by atoms with Gasteiger partial charge in [0, 0.05) is 6.42 Å². The highest BCUT2D eigenvalue weighted by Crippen LogP contribution is 2.37. The van der Waals surface area contributed by atoms with Crippen LogP contribution in [0.4, 0.5) is 8.78 Å². The summed E-state index contributed by atoms with van der Waals surface area (Å²) < 4.78 is 32.3. The van der Waals surface area contributed by atoms with Crippen molar-refractivity contribution < 1.29 is 28.0 Å². The Bertz CT molecular complexity index is 575. The molecule has 0 bridgehead atoms. The number of ether oxygens (including phenoxy) is 1. The zero-order valence-corrected chi connectivity index (χ0v) is 12.0. The molecule has 0 aromatic heterocycles. The zero-order chi connectivity index (χ0) is 16.9. The number of alkyl halides is 1. The van der Waals surface area contributed by atoms with E-state index in [1.807, 2.05) is 0 Å². The number of carbonyl (C=O) groups is 2. The topological polar surface area (TPSA) is 86.5 Å². The highest BCUT2D eigenvalue weighted by Gasteiger charge is 2.61. The first-order valence-corrected chi connectivity index (χ1v) is 6.49. The highest BCUT2D eigenvalue weighted by molar-refractivity contribution is 5.82. The first kappa shape index (κ1) is 17.7. The van der Waals surface area contributed by atoms with Gasteiger partial charge in [0.15, 0.2) is 0 Å². The molecule has 1 aromatic carbocycles. The molecule has 120 valence electrons. The molecule has 0 amide bonds. The Hall–Kier alpha value is -2.38. The fourth-order valence-corrected chi connectivity index (χ4v) is 2.03. The van der Waals surface area contributed by atoms with Gasteiger partial charge in [-0.05, 0) is 31.5 Å². The van der Waals surface area contributed by atoms with E-state index in [2.05, 4.69) is 4.74 Å². The molecule has 0 aliphatic rings. The third-order valence-electron chi connectivity index (χ3n) is 3.05. The lowest BCUT2D eigenvalue weighted by molar-refractivity contribution is -0.594. The van der Waals surface area contributed by atoms with Gasteiger partial charge in [-0.15, -0.1) is 0 Å². The lowest BCUT2D eigenvalue weighted by Crippen LogP contribution is -2.49. The van der Waals surface area contributed by atoms with Crippen LogP contribution in [0.15, 0.2) is 24.3 Å². The van der Waals surface area contributed by atoms with Gasteiger partial charge in [-0.2, -0.15) is 4.39 Å². The number of hydrogen-bond donors (Lipinski definition) is 0. The maximum absolute atomic E-state index is 14.9. The smallest absolute Gasteiger partial charge is 0.458 e. The van der Waals surface area contributed by atoms with Crippen LogP contribution in [0, 0.1) is 15.9 Å². The minimum absolute atomic E-state index is 0.0381. The second-order valence-electron chi connectivity index (χ2n) is 4.66. The maximum atomic E-state index is 14.9. The van der Waals surface area contributed by atoms with Crippen LogP contribution in [0.25, 0.3) is 0 Å². The van der Waals surface area contributed by atoms with Crippen molar-refractivity contribution in [1.82, 2.24) is 0 Å². The van der Waals surface area contributed by atoms with E-state index in [1.54, 1.807) is 0 Å². The molecule has 0 radical (unpaired) electrons. The molecule has 6 nitrogen and oxygen atoms in total. The second kappa shape index (κ2) is 7.06. The van der Waals surface area contributed by atoms with E-state index in [0.29, 0.717) is 0 Å². The third kappa shape index (κ3) is 3.63. The van der Waals surface area contributed by atoms with Gasteiger partial charge in [0.1, 0.15) is 17.5 Å². The zero-order valence-electron chi connectivity index (χ0n) is 12.0. The summed E-state index contributed by atoms with van der Waals surface area (Å²) in [5.74, 6) is -8.20. The lowest BCUT2D eigenvalue weighted by atomic mass is 9.85. The van der Waals surface area contributed by atoms with Crippen LogP contribution >= 0.6 is 0 Å². The van der Waals surface area contributed by atoms with Crippen LogP contribution in [0.2, 0.25) is 0 Å². The van der Waals surface area contributed by atoms with E-state index in [9.17, 15) is 28.5 Å². The standard InChI is InChI=1S/C14H15F2NO5/c1-3-22-13(19)14(16,17(20)21)12(8-9(2)18)10-4-6-11(15)7-5-10/h4-7,12H,3,8H2,1-2H3/t12-,14+/m1/s1. The molecular formula is C14H15F2NO5. The summed E-state index contributed by atoms with van der Waals surface area (Å²) in [6, 6.07) is 4.13. The summed E-state index contributed by atoms with van der Waals surface area (Å²) in [4.78, 5) is 32.8. The number of ketones is 1. The van der Waals surface area contributed by atoms with Gasteiger partial charge in [0.25, 0.3) is 0 Å². The number of carbonyl (C=O) groups excluding carboxylic acids is 2. The minimum Gasteiger partial charge on any atom is -0.458 e. The fraction of sp³-hybridized carbons (Fsp3) is 0.429. The van der Waals surface area contributed by atoms with Gasteiger partial charge in [-0.3, -0.25) is 14.9 Å². The Labute approximate surface area is 125 Å². The van der Waals surface area contributed by atoms with E-state index in [-0.39, 0.29) is 12.2 Å². The average Bonchev–Trinajstić information content (AvgIpc) is 2.44. The summed E-state index contributed by atoms with van der Waals surface area (Å²) >= 11 is 0. The molecule has 1 rings (SSSR count). The molecule has 0 aliphatic heterocycles. The quantitative estimate of drug-likeness (QED) is 0.334. The lowest BCUT2D eigenvalue weighted by Gasteiger charge is -2.24. The number of halogens is 2. The Kier molecular flexibility index (Phi) is 5.67. The molecule has 0 aliphatic carbocycles. The summed E-state index contributed by atoms with van der Waals surface area (Å²) in [6.07, 6.45) is -0.595. The highest BCUT2D eigenvalue weighted by atomic mass is 19.1. The number of esters is 1. The second-order valence-corrected chi connectivity index (χ2v) is 4.66. The number of nitro groups is 1. The van der Waals surface area contributed by atoms with Crippen LogP contribution in [-0.4, -0.2) is 29.1 Å². The summed E-state index contributed by atoms with van der Waals surface area (Å²) in [7, 11) is 0. The SMILES string of the molecule is CCOC(=O)[C@](F)([C@H](CC(C)=O)c1ccc(F)cc1)[N+](=O)[O-]. The Morgan fingerprint density at radius 3 is 2.32 bits per heavy atom. The Morgan fingerprint density at radius 1 is 1.36 bits per heavy atom. The van der Waals surface area contributed by atoms with Crippen LogP contribution in [-0.2, 0) is 14.3 Å². The average molecular weight is 315 g/mol. The Morgan fingerprint density at radius 2 is 1.91 bits per heavy atom. The maximum Gasteiger partial charge on any atom is 0.461 e. The summed E-state index contributed by atoms with van der Waals surface area (Å²) in [5.41, 5.74) is -0.0381. The minimum atomic E-state index is -3.63. The van der Waals surface area contributed by atoms with Crippen LogP contribution < -0.4 is 0 Å². The number of Topliss-reactive ketones (excluding diaryl/α,β-unsaturated/α-hetero) is 1. The van der Waals surface area contributed by atoms with E-state index in [1.165, 1.54) is 6.92 Å². The van der Waals surface area contributed by atoms with Crippen molar-refractivity contribution >= 4 is 11.8 Å². The first-order chi connectivity index (χ1) is 10.2. The van der Waals surface area contributed by atoms with Crippen molar-refractivity contribution in [2.45, 2.75) is 32.0 Å². The normalized spacial score (nSPS) is 14.7. The van der Waals surface area contributed by atoms with Crippen molar-refractivity contribution in [3.05, 3.63) is 45.8 Å². The molecule has 0 saturated heterocycles. The van der Waals surface area contributed by atoms with Crippen molar-refractivity contribution in [2.24, 2.45) is 0 Å². The van der Waals surface area contributed by atoms with Gasteiger partial charge in [-0.25, -0.2) is 9.18 Å². The molecular weight excluding hydrogens is 300 g/mol.